The highest BCUT2D eigenvalue weighted by Gasteiger charge is 2.38. The van der Waals surface area contributed by atoms with Crippen molar-refractivity contribution >= 4 is 40.8 Å². The van der Waals surface area contributed by atoms with Crippen LogP contribution in [0.1, 0.15) is 57.4 Å². The molecular formula is C38H39Cl2N3O8. The number of piperidine rings is 3. The fourth-order valence-electron chi connectivity index (χ4n) is 7.14. The Labute approximate surface area is 306 Å². The lowest BCUT2D eigenvalue weighted by Crippen LogP contribution is -2.52. The summed E-state index contributed by atoms with van der Waals surface area (Å²) in [6, 6.07) is 16.3. The van der Waals surface area contributed by atoms with E-state index in [0.29, 0.717) is 62.4 Å². The molecule has 2 bridgehead atoms. The zero-order valence-electron chi connectivity index (χ0n) is 28.4. The van der Waals surface area contributed by atoms with Crippen LogP contribution in [0.3, 0.4) is 0 Å². The lowest BCUT2D eigenvalue weighted by atomic mass is 9.83. The Bertz CT molecular complexity index is 1890. The van der Waals surface area contributed by atoms with Gasteiger partial charge in [0.25, 0.3) is 0 Å². The van der Waals surface area contributed by atoms with Crippen LogP contribution in [0.5, 0.6) is 17.2 Å². The number of halogens is 2. The molecule has 4 aromatic rings. The molecule has 1 aromatic heterocycles. The van der Waals surface area contributed by atoms with Crippen molar-refractivity contribution in [2.75, 3.05) is 46.3 Å². The normalized spacial score (nSPS) is 19.1. The molecule has 3 fully saturated rings. The number of carbonyl (C=O) groups is 2. The molecule has 3 atom stereocenters. The highest BCUT2D eigenvalue weighted by atomic mass is 35.5. The predicted octanol–water partition coefficient (Wildman–Crippen LogP) is 6.52. The summed E-state index contributed by atoms with van der Waals surface area (Å²) in [7, 11) is 4.57. The standard InChI is InChI=1S/C38H39Cl2N3O8/c1-48-32-7-5-4-6-26(32)36(38(46)51-35-21-42-14-12-22(35)13-15-42)41-24-9-10-25(37(44)45)28(17-24)27(18-29-30(39)19-43(47)20-31(29)40)23-8-11-33(49-2)34(16-23)50-3/h4-11,16-17,19-20,22,27,35-36,41H,12-15,18,21H2,1-3H3,(H,44,45)/t27?,35-,36?/m0/s1. The van der Waals surface area contributed by atoms with Crippen LogP contribution in [0, 0.1) is 11.1 Å². The third kappa shape index (κ3) is 7.80. The first-order valence-electron chi connectivity index (χ1n) is 16.6. The first kappa shape index (κ1) is 36.1. The number of hydrogen-bond donors (Lipinski definition) is 2. The van der Waals surface area contributed by atoms with Gasteiger partial charge in [-0.05, 0) is 85.8 Å². The van der Waals surface area contributed by atoms with Crippen LogP contribution in [0.25, 0.3) is 0 Å². The van der Waals surface area contributed by atoms with Crippen LogP contribution in [-0.4, -0.2) is 69.0 Å². The van der Waals surface area contributed by atoms with Crippen LogP contribution in [0.4, 0.5) is 5.69 Å². The predicted molar refractivity (Wildman–Crippen MR) is 192 cm³/mol. The van der Waals surface area contributed by atoms with E-state index in [4.69, 9.17) is 42.1 Å². The highest BCUT2D eigenvalue weighted by molar-refractivity contribution is 6.35. The molecule has 7 rings (SSSR count). The number of ether oxygens (including phenoxy) is 4. The van der Waals surface area contributed by atoms with E-state index in [-0.39, 0.29) is 28.1 Å². The van der Waals surface area contributed by atoms with Gasteiger partial charge >= 0.3 is 11.9 Å². The number of esters is 1. The molecule has 3 aromatic carbocycles. The van der Waals surface area contributed by atoms with Crippen molar-refractivity contribution in [1.29, 1.82) is 0 Å². The van der Waals surface area contributed by atoms with E-state index < -0.39 is 23.9 Å². The Kier molecular flexibility index (Phi) is 11.1. The summed E-state index contributed by atoms with van der Waals surface area (Å²) in [6.45, 7) is 2.70. The number of aromatic carboxylic acids is 1. The Balaban J connectivity index is 1.44. The van der Waals surface area contributed by atoms with E-state index in [0.717, 1.165) is 25.9 Å². The lowest BCUT2D eigenvalue weighted by Gasteiger charge is -2.44. The quantitative estimate of drug-likeness (QED) is 0.0889. The van der Waals surface area contributed by atoms with Gasteiger partial charge < -0.3 is 34.6 Å². The van der Waals surface area contributed by atoms with E-state index in [1.807, 2.05) is 12.1 Å². The van der Waals surface area contributed by atoms with E-state index in [2.05, 4.69) is 10.2 Å². The van der Waals surface area contributed by atoms with E-state index in [1.54, 1.807) is 42.5 Å². The maximum absolute atomic E-state index is 14.1. The minimum Gasteiger partial charge on any atom is -0.619 e. The van der Waals surface area contributed by atoms with Crippen molar-refractivity contribution < 1.29 is 38.4 Å². The number of nitrogens with zero attached hydrogens (tertiary/aromatic N) is 2. The topological polar surface area (TPSA) is 134 Å². The molecule has 268 valence electrons. The van der Waals surface area contributed by atoms with Gasteiger partial charge in [-0.2, -0.15) is 4.73 Å². The molecule has 3 aliphatic rings. The Morgan fingerprint density at radius 1 is 0.922 bits per heavy atom. The molecule has 4 heterocycles. The molecule has 13 heteroatoms. The van der Waals surface area contributed by atoms with Crippen molar-refractivity contribution in [1.82, 2.24) is 4.90 Å². The number of methoxy groups -OCH3 is 3. The molecule has 3 saturated heterocycles. The summed E-state index contributed by atoms with van der Waals surface area (Å²) in [6.07, 6.45) is 4.24. The molecule has 0 radical (unpaired) electrons. The second-order valence-electron chi connectivity index (χ2n) is 12.7. The summed E-state index contributed by atoms with van der Waals surface area (Å²) in [5, 5.41) is 26.1. The fourth-order valence-corrected chi connectivity index (χ4v) is 7.74. The number of carboxylic acids is 1. The Morgan fingerprint density at radius 3 is 2.24 bits per heavy atom. The van der Waals surface area contributed by atoms with Gasteiger partial charge in [-0.25, -0.2) is 9.59 Å². The summed E-state index contributed by atoms with van der Waals surface area (Å²) in [4.78, 5) is 29.2. The number of pyridine rings is 1. The van der Waals surface area contributed by atoms with Gasteiger partial charge in [-0.15, -0.1) is 0 Å². The third-order valence-corrected chi connectivity index (χ3v) is 10.4. The van der Waals surface area contributed by atoms with Gasteiger partial charge in [0.2, 0.25) is 0 Å². The van der Waals surface area contributed by atoms with Crippen molar-refractivity contribution in [2.45, 2.75) is 37.3 Å². The van der Waals surface area contributed by atoms with Gasteiger partial charge in [-0.1, -0.05) is 47.5 Å². The summed E-state index contributed by atoms with van der Waals surface area (Å²) in [5.74, 6) is -0.582. The fraction of sp³-hybridized carbons (Fsp3) is 0.342. The van der Waals surface area contributed by atoms with Crippen molar-refractivity contribution in [2.24, 2.45) is 5.92 Å². The molecule has 2 unspecified atom stereocenters. The maximum atomic E-state index is 14.1. The number of fused-ring (bicyclic) bond motifs is 3. The van der Waals surface area contributed by atoms with Crippen LogP contribution < -0.4 is 24.3 Å². The number of rotatable bonds is 13. The summed E-state index contributed by atoms with van der Waals surface area (Å²) >= 11 is 13.1. The number of aromatic nitrogens is 1. The number of anilines is 1. The van der Waals surface area contributed by atoms with Crippen molar-refractivity contribution in [3.8, 4) is 17.2 Å². The van der Waals surface area contributed by atoms with Crippen molar-refractivity contribution in [3.63, 3.8) is 0 Å². The number of para-hydroxylation sites is 1. The summed E-state index contributed by atoms with van der Waals surface area (Å²) < 4.78 is 23.4. The molecule has 0 spiro atoms. The number of carbonyl (C=O) groups excluding carboxylic acids is 1. The molecule has 51 heavy (non-hydrogen) atoms. The minimum absolute atomic E-state index is 0.0195. The van der Waals surface area contributed by atoms with Crippen LogP contribution >= 0.6 is 23.2 Å². The van der Waals surface area contributed by atoms with Crippen LogP contribution in [0.2, 0.25) is 10.0 Å². The highest BCUT2D eigenvalue weighted by Crippen LogP contribution is 2.40. The van der Waals surface area contributed by atoms with Gasteiger partial charge in [0.05, 0.1) is 26.9 Å². The Morgan fingerprint density at radius 2 is 1.61 bits per heavy atom. The summed E-state index contributed by atoms with van der Waals surface area (Å²) in [5.41, 5.74) is 2.57. The number of carboxylic acid groups (broad SMARTS) is 1. The van der Waals surface area contributed by atoms with Crippen LogP contribution in [0.15, 0.2) is 73.1 Å². The zero-order valence-corrected chi connectivity index (χ0v) is 29.9. The van der Waals surface area contributed by atoms with Crippen molar-refractivity contribution in [3.05, 3.63) is 116 Å². The molecule has 0 amide bonds. The third-order valence-electron chi connectivity index (χ3n) is 9.79. The monoisotopic (exact) mass is 735 g/mol. The average Bonchev–Trinajstić information content (AvgIpc) is 3.13. The minimum atomic E-state index is -1.16. The van der Waals surface area contributed by atoms with E-state index >= 15 is 0 Å². The lowest BCUT2D eigenvalue weighted by molar-refractivity contribution is -0.605. The molecule has 2 N–H and O–H groups in total. The SMILES string of the molecule is COc1ccc(C(Cc2c(Cl)c[n+]([O-])cc2Cl)c2cc(NC(C(=O)O[C@H]3CN4CCC3CC4)c3ccccc3OC)ccc2C(=O)O)cc1OC. The smallest absolute Gasteiger partial charge is 0.335 e. The largest absolute Gasteiger partial charge is 0.619 e. The molecule has 11 nitrogen and oxygen atoms in total. The molecule has 3 aliphatic heterocycles. The second-order valence-corrected chi connectivity index (χ2v) is 13.5. The number of hydrogen-bond acceptors (Lipinski definition) is 9. The Hall–Kier alpha value is -4.71. The van der Waals surface area contributed by atoms with E-state index in [9.17, 15) is 19.9 Å². The van der Waals surface area contributed by atoms with E-state index in [1.165, 1.54) is 39.8 Å². The van der Waals surface area contributed by atoms with Gasteiger partial charge in [0.1, 0.15) is 21.9 Å². The molecule has 0 saturated carbocycles. The number of benzene rings is 3. The molecular weight excluding hydrogens is 697 g/mol. The molecule has 0 aliphatic carbocycles. The number of nitrogens with one attached hydrogen (secondary N) is 1. The van der Waals surface area contributed by atoms with Gasteiger partial charge in [0.15, 0.2) is 29.9 Å². The van der Waals surface area contributed by atoms with Gasteiger partial charge in [-0.3, -0.25) is 4.90 Å². The average molecular weight is 737 g/mol. The maximum Gasteiger partial charge on any atom is 0.335 e. The zero-order chi connectivity index (χ0) is 36.2. The first-order chi connectivity index (χ1) is 24.6. The van der Waals surface area contributed by atoms with Crippen LogP contribution in [-0.2, 0) is 16.0 Å². The second kappa shape index (κ2) is 15.7. The van der Waals surface area contributed by atoms with Gasteiger partial charge in [0, 0.05) is 29.3 Å². The first-order valence-corrected chi connectivity index (χ1v) is 17.3.